The van der Waals surface area contributed by atoms with Crippen LogP contribution in [0.25, 0.3) is 0 Å². The first-order chi connectivity index (χ1) is 6.83. The normalized spacial score (nSPS) is 40.7. The fourth-order valence-corrected chi connectivity index (χ4v) is 2.15. The van der Waals surface area contributed by atoms with Gasteiger partial charge < -0.3 is 15.2 Å². The molecule has 0 radical (unpaired) electrons. The van der Waals surface area contributed by atoms with Gasteiger partial charge >= 0.3 is 0 Å². The third kappa shape index (κ3) is 1.67. The van der Waals surface area contributed by atoms with E-state index in [2.05, 4.69) is 4.99 Å². The Morgan fingerprint density at radius 2 is 2.27 bits per heavy atom. The molecule has 1 unspecified atom stereocenters. The molecule has 2 aliphatic heterocycles. The lowest BCUT2D eigenvalue weighted by atomic mass is 9.83. The highest BCUT2D eigenvalue weighted by Crippen LogP contribution is 2.42. The SMILES string of the molecule is CC(F)(F)C1OC[C@]2(C)N=C(N)OC[C@H]12. The first-order valence-electron chi connectivity index (χ1n) is 4.80. The lowest BCUT2D eigenvalue weighted by Crippen LogP contribution is -2.48. The van der Waals surface area contributed by atoms with Crippen molar-refractivity contribution in [3.8, 4) is 0 Å². The van der Waals surface area contributed by atoms with Crippen molar-refractivity contribution in [2.45, 2.75) is 31.4 Å². The topological polar surface area (TPSA) is 56.8 Å². The predicted octanol–water partition coefficient (Wildman–Crippen LogP) is 0.760. The highest BCUT2D eigenvalue weighted by Gasteiger charge is 2.56. The fraction of sp³-hybridized carbons (Fsp3) is 0.889. The van der Waals surface area contributed by atoms with Crippen molar-refractivity contribution in [3.05, 3.63) is 0 Å². The van der Waals surface area contributed by atoms with Crippen LogP contribution in [0.15, 0.2) is 4.99 Å². The molecule has 6 heteroatoms. The summed E-state index contributed by atoms with van der Waals surface area (Å²) in [7, 11) is 0. The lowest BCUT2D eigenvalue weighted by Gasteiger charge is -2.33. The van der Waals surface area contributed by atoms with Gasteiger partial charge in [-0.25, -0.2) is 13.8 Å². The molecule has 0 bridgehead atoms. The van der Waals surface area contributed by atoms with Crippen LogP contribution in [-0.4, -0.2) is 36.8 Å². The standard InChI is InChI=1S/C9H14F2N2O2/c1-8-4-15-6(9(2,10)11)5(8)3-14-7(12)13-8/h5-6H,3-4H2,1-2H3,(H2,12,13)/t5-,6?,8+/m1/s1. The van der Waals surface area contributed by atoms with E-state index in [4.69, 9.17) is 15.2 Å². The van der Waals surface area contributed by atoms with Crippen molar-refractivity contribution in [3.63, 3.8) is 0 Å². The summed E-state index contributed by atoms with van der Waals surface area (Å²) in [6.07, 6.45) is -1.14. The predicted molar refractivity (Wildman–Crippen MR) is 49.8 cm³/mol. The summed E-state index contributed by atoms with van der Waals surface area (Å²) in [5.74, 6) is -3.32. The Morgan fingerprint density at radius 1 is 1.60 bits per heavy atom. The van der Waals surface area contributed by atoms with E-state index in [0.717, 1.165) is 6.92 Å². The molecule has 1 saturated heterocycles. The smallest absolute Gasteiger partial charge is 0.282 e. The maximum atomic E-state index is 13.2. The Kier molecular flexibility index (Phi) is 2.15. The molecular formula is C9H14F2N2O2. The molecule has 1 fully saturated rings. The first-order valence-corrected chi connectivity index (χ1v) is 4.80. The van der Waals surface area contributed by atoms with E-state index in [0.29, 0.717) is 0 Å². The molecule has 0 aliphatic carbocycles. The number of hydrogen-bond donors (Lipinski definition) is 1. The number of alkyl halides is 2. The highest BCUT2D eigenvalue weighted by atomic mass is 19.3. The molecule has 2 N–H and O–H groups in total. The van der Waals surface area contributed by atoms with E-state index in [9.17, 15) is 8.78 Å². The van der Waals surface area contributed by atoms with E-state index in [-0.39, 0.29) is 19.2 Å². The zero-order valence-corrected chi connectivity index (χ0v) is 8.67. The number of rotatable bonds is 1. The molecule has 2 aliphatic rings. The van der Waals surface area contributed by atoms with Crippen molar-refractivity contribution in [2.24, 2.45) is 16.6 Å². The van der Waals surface area contributed by atoms with E-state index >= 15 is 0 Å². The van der Waals surface area contributed by atoms with E-state index < -0.39 is 23.5 Å². The van der Waals surface area contributed by atoms with Gasteiger partial charge in [-0.2, -0.15) is 0 Å². The van der Waals surface area contributed by atoms with Crippen molar-refractivity contribution in [2.75, 3.05) is 13.2 Å². The Hall–Kier alpha value is -0.910. The maximum absolute atomic E-state index is 13.2. The molecule has 0 aromatic rings. The first kappa shape index (κ1) is 10.6. The molecule has 2 rings (SSSR count). The van der Waals surface area contributed by atoms with Crippen LogP contribution >= 0.6 is 0 Å². The minimum Gasteiger partial charge on any atom is -0.465 e. The second-order valence-electron chi connectivity index (χ2n) is 4.41. The van der Waals surface area contributed by atoms with E-state index in [1.165, 1.54) is 0 Å². The minimum absolute atomic E-state index is 0.0532. The van der Waals surface area contributed by atoms with Crippen LogP contribution in [-0.2, 0) is 9.47 Å². The lowest BCUT2D eigenvalue weighted by molar-refractivity contribution is -0.121. The van der Waals surface area contributed by atoms with Gasteiger partial charge in [-0.3, -0.25) is 0 Å². The number of aliphatic imine (C=N–C) groups is 1. The van der Waals surface area contributed by atoms with Crippen molar-refractivity contribution in [1.29, 1.82) is 0 Å². The monoisotopic (exact) mass is 220 g/mol. The third-order valence-electron chi connectivity index (χ3n) is 3.00. The van der Waals surface area contributed by atoms with Crippen LogP contribution in [0.2, 0.25) is 0 Å². The van der Waals surface area contributed by atoms with Gasteiger partial charge in [-0.05, 0) is 6.92 Å². The van der Waals surface area contributed by atoms with E-state index in [1.807, 2.05) is 0 Å². The molecule has 86 valence electrons. The van der Waals surface area contributed by atoms with Gasteiger partial charge in [0.15, 0.2) is 0 Å². The molecule has 15 heavy (non-hydrogen) atoms. The van der Waals surface area contributed by atoms with Crippen LogP contribution in [0.5, 0.6) is 0 Å². The molecule has 3 atom stereocenters. The minimum atomic E-state index is -2.88. The molecule has 0 aromatic carbocycles. The molecule has 0 aromatic heterocycles. The molecule has 4 nitrogen and oxygen atoms in total. The number of fused-ring (bicyclic) bond motifs is 1. The second kappa shape index (κ2) is 3.04. The van der Waals surface area contributed by atoms with Gasteiger partial charge in [0.1, 0.15) is 6.10 Å². The Labute approximate surface area is 86.4 Å². The number of ether oxygens (including phenoxy) is 2. The summed E-state index contributed by atoms with van der Waals surface area (Å²) < 4.78 is 36.5. The van der Waals surface area contributed by atoms with Crippen molar-refractivity contribution >= 4 is 6.02 Å². The summed E-state index contributed by atoms with van der Waals surface area (Å²) in [5, 5.41) is 0. The van der Waals surface area contributed by atoms with Crippen LogP contribution in [0.3, 0.4) is 0 Å². The second-order valence-corrected chi connectivity index (χ2v) is 4.41. The van der Waals surface area contributed by atoms with Crippen LogP contribution in [0.4, 0.5) is 8.78 Å². The number of nitrogens with zero attached hydrogens (tertiary/aromatic N) is 1. The van der Waals surface area contributed by atoms with E-state index in [1.54, 1.807) is 6.92 Å². The number of halogens is 2. The van der Waals surface area contributed by atoms with Crippen LogP contribution in [0.1, 0.15) is 13.8 Å². The molecule has 0 amide bonds. The average Bonchev–Trinajstić information content (AvgIpc) is 2.39. The summed E-state index contributed by atoms with van der Waals surface area (Å²) >= 11 is 0. The number of nitrogens with two attached hydrogens (primary N) is 1. The van der Waals surface area contributed by atoms with Crippen LogP contribution < -0.4 is 5.73 Å². The summed E-state index contributed by atoms with van der Waals surface area (Å²) in [4.78, 5) is 4.05. The number of hydrogen-bond acceptors (Lipinski definition) is 4. The molecular weight excluding hydrogens is 206 g/mol. The van der Waals surface area contributed by atoms with Crippen LogP contribution in [0, 0.1) is 5.92 Å². The van der Waals surface area contributed by atoms with Crippen molar-refractivity contribution < 1.29 is 18.3 Å². The van der Waals surface area contributed by atoms with Gasteiger partial charge in [-0.1, -0.05) is 0 Å². The zero-order chi connectivity index (χ0) is 11.3. The molecule has 0 saturated carbocycles. The molecule has 2 heterocycles. The summed E-state index contributed by atoms with van der Waals surface area (Å²) in [6, 6.07) is 0.0532. The number of amidine groups is 1. The van der Waals surface area contributed by atoms with Gasteiger partial charge in [0.05, 0.1) is 24.7 Å². The Morgan fingerprint density at radius 3 is 2.87 bits per heavy atom. The van der Waals surface area contributed by atoms with Crippen molar-refractivity contribution in [1.82, 2.24) is 0 Å². The third-order valence-corrected chi connectivity index (χ3v) is 3.00. The largest absolute Gasteiger partial charge is 0.465 e. The summed E-state index contributed by atoms with van der Waals surface area (Å²) in [6.45, 7) is 2.92. The fourth-order valence-electron chi connectivity index (χ4n) is 2.15. The Bertz CT molecular complexity index is 303. The average molecular weight is 220 g/mol. The van der Waals surface area contributed by atoms with Gasteiger partial charge in [0.2, 0.25) is 0 Å². The quantitative estimate of drug-likeness (QED) is 0.709. The van der Waals surface area contributed by atoms with Gasteiger partial charge in [0, 0.05) is 6.92 Å². The van der Waals surface area contributed by atoms with Gasteiger partial charge in [0.25, 0.3) is 11.9 Å². The Balaban J connectivity index is 2.26. The maximum Gasteiger partial charge on any atom is 0.282 e. The zero-order valence-electron chi connectivity index (χ0n) is 8.67. The summed E-state index contributed by atoms with van der Waals surface area (Å²) in [5.41, 5.74) is 4.74. The van der Waals surface area contributed by atoms with Gasteiger partial charge in [-0.15, -0.1) is 0 Å². The highest BCUT2D eigenvalue weighted by molar-refractivity contribution is 5.72. The molecule has 0 spiro atoms.